The van der Waals surface area contributed by atoms with Crippen LogP contribution in [0, 0.1) is 5.92 Å². The highest BCUT2D eigenvalue weighted by Crippen LogP contribution is 2.35. The third-order valence-corrected chi connectivity index (χ3v) is 3.09. The highest BCUT2D eigenvalue weighted by molar-refractivity contribution is 5.84. The molecule has 1 aromatic heterocycles. The van der Waals surface area contributed by atoms with Crippen LogP contribution < -0.4 is 0 Å². The first kappa shape index (κ1) is 11.1. The second-order valence-electron chi connectivity index (χ2n) is 4.54. The monoisotopic (exact) mass is 225 g/mol. The van der Waals surface area contributed by atoms with Gasteiger partial charge in [0, 0.05) is 0 Å². The van der Waals surface area contributed by atoms with Crippen molar-refractivity contribution in [3.63, 3.8) is 0 Å². The summed E-state index contributed by atoms with van der Waals surface area (Å²) in [4.78, 5) is 10.7. The summed E-state index contributed by atoms with van der Waals surface area (Å²) in [5.41, 5.74) is -1.20. The maximum absolute atomic E-state index is 10.7. The molecule has 16 heavy (non-hydrogen) atoms. The van der Waals surface area contributed by atoms with Crippen molar-refractivity contribution >= 4 is 5.97 Å². The van der Waals surface area contributed by atoms with Gasteiger partial charge in [-0.25, -0.2) is 9.48 Å². The molecule has 2 N–H and O–H groups in total. The summed E-state index contributed by atoms with van der Waals surface area (Å²) in [6.45, 7) is 2.07. The molecular formula is C10H15N3O3. The lowest BCUT2D eigenvalue weighted by molar-refractivity contribution is -0.0940. The summed E-state index contributed by atoms with van der Waals surface area (Å²) in [6, 6.07) is 0. The number of carboxylic acids is 1. The molecule has 0 aliphatic heterocycles. The molecule has 0 unspecified atom stereocenters. The molecular weight excluding hydrogens is 210 g/mol. The van der Waals surface area contributed by atoms with Gasteiger partial charge in [0.15, 0.2) is 11.4 Å². The number of aromatic nitrogens is 3. The molecule has 0 radical (unpaired) electrons. The van der Waals surface area contributed by atoms with Gasteiger partial charge in [-0.05, 0) is 25.2 Å². The Morgan fingerprint density at radius 3 is 3.00 bits per heavy atom. The molecule has 6 nitrogen and oxygen atoms in total. The maximum atomic E-state index is 10.7. The van der Waals surface area contributed by atoms with Crippen molar-refractivity contribution in [1.82, 2.24) is 15.0 Å². The highest BCUT2D eigenvalue weighted by atomic mass is 16.4. The van der Waals surface area contributed by atoms with Crippen LogP contribution in [-0.2, 0) is 5.72 Å². The normalized spacial score (nSPS) is 30.2. The van der Waals surface area contributed by atoms with Gasteiger partial charge in [0.05, 0.1) is 6.20 Å². The Hall–Kier alpha value is -1.43. The summed E-state index contributed by atoms with van der Waals surface area (Å²) in [5, 5.41) is 26.3. The third kappa shape index (κ3) is 1.92. The molecule has 1 saturated carbocycles. The van der Waals surface area contributed by atoms with Gasteiger partial charge in [-0.15, -0.1) is 5.10 Å². The van der Waals surface area contributed by atoms with Gasteiger partial charge in [0.2, 0.25) is 0 Å². The van der Waals surface area contributed by atoms with E-state index in [1.165, 1.54) is 10.9 Å². The van der Waals surface area contributed by atoms with E-state index in [1.54, 1.807) is 0 Å². The average Bonchev–Trinajstić information content (AvgIpc) is 2.66. The zero-order valence-corrected chi connectivity index (χ0v) is 9.13. The fourth-order valence-corrected chi connectivity index (χ4v) is 2.27. The summed E-state index contributed by atoms with van der Waals surface area (Å²) >= 11 is 0. The molecule has 1 fully saturated rings. The van der Waals surface area contributed by atoms with Crippen molar-refractivity contribution in [2.24, 2.45) is 5.92 Å². The molecule has 1 aliphatic carbocycles. The number of rotatable bonds is 2. The number of aromatic carboxylic acids is 1. The van der Waals surface area contributed by atoms with Crippen LogP contribution in [0.5, 0.6) is 0 Å². The van der Waals surface area contributed by atoms with Crippen LogP contribution in [0.25, 0.3) is 0 Å². The molecule has 2 atom stereocenters. The molecule has 0 spiro atoms. The van der Waals surface area contributed by atoms with E-state index in [4.69, 9.17) is 5.11 Å². The van der Waals surface area contributed by atoms with Crippen LogP contribution in [0.2, 0.25) is 0 Å². The SMILES string of the molecule is C[C@H]1CCC[C@](O)(n2cc(C(=O)O)nn2)C1. The van der Waals surface area contributed by atoms with E-state index in [-0.39, 0.29) is 5.69 Å². The van der Waals surface area contributed by atoms with Gasteiger partial charge in [-0.3, -0.25) is 0 Å². The van der Waals surface area contributed by atoms with Gasteiger partial charge >= 0.3 is 5.97 Å². The van der Waals surface area contributed by atoms with Crippen LogP contribution in [-0.4, -0.2) is 31.2 Å². The molecule has 88 valence electrons. The Bertz CT molecular complexity index is 404. The van der Waals surface area contributed by atoms with E-state index >= 15 is 0 Å². The van der Waals surface area contributed by atoms with Crippen LogP contribution in [0.15, 0.2) is 6.20 Å². The standard InChI is InChI=1S/C10H15N3O3/c1-7-3-2-4-10(16,5-7)13-6-8(9(14)15)11-12-13/h6-7,16H,2-5H2,1H3,(H,14,15)/t7-,10+/m0/s1. The first-order chi connectivity index (χ1) is 7.51. The molecule has 6 heteroatoms. The minimum absolute atomic E-state index is 0.133. The summed E-state index contributed by atoms with van der Waals surface area (Å²) in [5.74, 6) is -0.713. The lowest BCUT2D eigenvalue weighted by atomic mass is 9.84. The Morgan fingerprint density at radius 2 is 2.44 bits per heavy atom. The predicted molar refractivity (Wildman–Crippen MR) is 54.8 cm³/mol. The maximum Gasteiger partial charge on any atom is 0.358 e. The predicted octanol–water partition coefficient (Wildman–Crippen LogP) is 0.831. The van der Waals surface area contributed by atoms with E-state index < -0.39 is 11.7 Å². The number of nitrogens with zero attached hydrogens (tertiary/aromatic N) is 3. The number of hydrogen-bond donors (Lipinski definition) is 2. The van der Waals surface area contributed by atoms with Crippen molar-refractivity contribution < 1.29 is 15.0 Å². The smallest absolute Gasteiger partial charge is 0.358 e. The molecule has 0 amide bonds. The lowest BCUT2D eigenvalue weighted by Gasteiger charge is -2.35. The Balaban J connectivity index is 2.24. The molecule has 1 aliphatic rings. The molecule has 0 aromatic carbocycles. The van der Waals surface area contributed by atoms with Crippen molar-refractivity contribution in [2.75, 3.05) is 0 Å². The zero-order chi connectivity index (χ0) is 11.8. The van der Waals surface area contributed by atoms with Crippen LogP contribution >= 0.6 is 0 Å². The lowest BCUT2D eigenvalue weighted by Crippen LogP contribution is -2.38. The third-order valence-electron chi connectivity index (χ3n) is 3.09. The fraction of sp³-hybridized carbons (Fsp3) is 0.700. The topological polar surface area (TPSA) is 88.2 Å². The summed E-state index contributed by atoms with van der Waals surface area (Å²) < 4.78 is 1.28. The molecule has 1 aromatic rings. The van der Waals surface area contributed by atoms with E-state index in [9.17, 15) is 9.90 Å². The minimum atomic E-state index is -1.13. The highest BCUT2D eigenvalue weighted by Gasteiger charge is 2.35. The summed E-state index contributed by atoms with van der Waals surface area (Å²) in [6.07, 6.45) is 4.48. The van der Waals surface area contributed by atoms with Crippen molar-refractivity contribution in [2.45, 2.75) is 38.3 Å². The second-order valence-corrected chi connectivity index (χ2v) is 4.54. The molecule has 0 bridgehead atoms. The zero-order valence-electron chi connectivity index (χ0n) is 9.13. The Labute approximate surface area is 92.9 Å². The average molecular weight is 225 g/mol. The van der Waals surface area contributed by atoms with Crippen LogP contribution in [0.4, 0.5) is 0 Å². The van der Waals surface area contributed by atoms with Crippen LogP contribution in [0.3, 0.4) is 0 Å². The molecule has 2 rings (SSSR count). The van der Waals surface area contributed by atoms with Crippen molar-refractivity contribution in [3.05, 3.63) is 11.9 Å². The number of carbonyl (C=O) groups is 1. The largest absolute Gasteiger partial charge is 0.476 e. The number of carboxylic acid groups (broad SMARTS) is 1. The van der Waals surface area contributed by atoms with Gasteiger partial charge < -0.3 is 10.2 Å². The fourth-order valence-electron chi connectivity index (χ4n) is 2.27. The van der Waals surface area contributed by atoms with Gasteiger partial charge in [0.1, 0.15) is 0 Å². The quantitative estimate of drug-likeness (QED) is 0.778. The Kier molecular flexibility index (Phi) is 2.67. The van der Waals surface area contributed by atoms with E-state index in [1.807, 2.05) is 0 Å². The van der Waals surface area contributed by atoms with Crippen molar-refractivity contribution in [3.8, 4) is 0 Å². The molecule has 0 saturated heterocycles. The number of hydrogen-bond acceptors (Lipinski definition) is 4. The van der Waals surface area contributed by atoms with E-state index in [0.29, 0.717) is 18.8 Å². The Morgan fingerprint density at radius 1 is 1.69 bits per heavy atom. The molecule has 1 heterocycles. The summed E-state index contributed by atoms with van der Waals surface area (Å²) in [7, 11) is 0. The van der Waals surface area contributed by atoms with Gasteiger partial charge in [-0.1, -0.05) is 18.6 Å². The first-order valence-corrected chi connectivity index (χ1v) is 5.40. The van der Waals surface area contributed by atoms with E-state index in [0.717, 1.165) is 12.8 Å². The van der Waals surface area contributed by atoms with Gasteiger partial charge in [-0.2, -0.15) is 0 Å². The first-order valence-electron chi connectivity index (χ1n) is 5.40. The van der Waals surface area contributed by atoms with Gasteiger partial charge in [0.25, 0.3) is 0 Å². The minimum Gasteiger partial charge on any atom is -0.476 e. The van der Waals surface area contributed by atoms with Crippen molar-refractivity contribution in [1.29, 1.82) is 0 Å². The van der Waals surface area contributed by atoms with E-state index in [2.05, 4.69) is 17.2 Å². The van der Waals surface area contributed by atoms with Crippen LogP contribution in [0.1, 0.15) is 43.1 Å². The second kappa shape index (κ2) is 3.86. The number of aliphatic hydroxyl groups is 1.